The zero-order valence-corrected chi connectivity index (χ0v) is 10.2. The van der Waals surface area contributed by atoms with Crippen LogP contribution in [0, 0.1) is 32.1 Å². The van der Waals surface area contributed by atoms with E-state index in [1.165, 1.54) is 0 Å². The Bertz CT molecular complexity index is 514. The number of carbonyl (C=O) groups excluding carboxylic acids is 1. The van der Waals surface area contributed by atoms with Gasteiger partial charge in [0.15, 0.2) is 0 Å². The van der Waals surface area contributed by atoms with E-state index in [4.69, 9.17) is 12.2 Å². The first-order valence-corrected chi connectivity index (χ1v) is 5.66. The lowest BCUT2D eigenvalue weighted by Crippen LogP contribution is -2.25. The van der Waals surface area contributed by atoms with Crippen LogP contribution in [0.5, 0.6) is 0 Å². The average Bonchev–Trinajstić information content (AvgIpc) is 2.65. The molecule has 0 aliphatic carbocycles. The van der Waals surface area contributed by atoms with Gasteiger partial charge in [-0.2, -0.15) is 0 Å². The highest BCUT2D eigenvalue weighted by Crippen LogP contribution is 2.31. The number of nitrogens with zero attached hydrogens (tertiary/aromatic N) is 1. The molecule has 0 saturated carbocycles. The Balaban J connectivity index is 2.39. The van der Waals surface area contributed by atoms with Crippen LogP contribution in [0.25, 0.3) is 0 Å². The molecular weight excluding hydrogens is 212 g/mol. The monoisotopic (exact) mass is 228 g/mol. The zero-order valence-electron chi connectivity index (χ0n) is 10.2. The summed E-state index contributed by atoms with van der Waals surface area (Å²) in [5.41, 5.74) is 9.66. The molecule has 88 valence electrons. The molecule has 0 bridgehead atoms. The smallest absolute Gasteiger partial charge is 0.228 e. The largest absolute Gasteiger partial charge is 0.397 e. The van der Waals surface area contributed by atoms with Gasteiger partial charge in [0.1, 0.15) is 0 Å². The van der Waals surface area contributed by atoms with Crippen molar-refractivity contribution in [1.29, 1.82) is 0 Å². The van der Waals surface area contributed by atoms with E-state index in [1.807, 2.05) is 26.0 Å². The molecule has 1 amide bonds. The van der Waals surface area contributed by atoms with Gasteiger partial charge in [0, 0.05) is 18.9 Å². The first-order valence-electron chi connectivity index (χ1n) is 5.66. The van der Waals surface area contributed by atoms with Crippen LogP contribution in [0.2, 0.25) is 0 Å². The fourth-order valence-electron chi connectivity index (χ4n) is 2.11. The van der Waals surface area contributed by atoms with E-state index < -0.39 is 0 Å². The van der Waals surface area contributed by atoms with Crippen molar-refractivity contribution in [3.63, 3.8) is 0 Å². The third kappa shape index (κ3) is 1.99. The predicted octanol–water partition coefficient (Wildman–Crippen LogP) is 1.87. The number of carbonyl (C=O) groups is 1. The summed E-state index contributed by atoms with van der Waals surface area (Å²) in [7, 11) is 0. The Labute approximate surface area is 102 Å². The second-order valence-electron chi connectivity index (χ2n) is 4.57. The minimum Gasteiger partial charge on any atom is -0.397 e. The summed E-state index contributed by atoms with van der Waals surface area (Å²) >= 11 is 0. The Hall–Kier alpha value is -1.95. The topological polar surface area (TPSA) is 46.3 Å². The molecule has 1 saturated heterocycles. The molecule has 3 nitrogen and oxygen atoms in total. The molecule has 3 heteroatoms. The van der Waals surface area contributed by atoms with E-state index in [0.717, 1.165) is 16.8 Å². The first-order chi connectivity index (χ1) is 8.02. The van der Waals surface area contributed by atoms with Crippen LogP contribution in [0.15, 0.2) is 12.1 Å². The molecule has 1 aliphatic rings. The van der Waals surface area contributed by atoms with Crippen molar-refractivity contribution in [2.24, 2.45) is 5.92 Å². The Morgan fingerprint density at radius 1 is 1.41 bits per heavy atom. The molecule has 2 rings (SSSR count). The lowest BCUT2D eigenvalue weighted by atomic mass is 10.1. The fourth-order valence-corrected chi connectivity index (χ4v) is 2.11. The van der Waals surface area contributed by atoms with Crippen LogP contribution in [0.3, 0.4) is 0 Å². The average molecular weight is 228 g/mol. The summed E-state index contributed by atoms with van der Waals surface area (Å²) in [6, 6.07) is 3.86. The molecule has 1 heterocycles. The molecule has 1 unspecified atom stereocenters. The third-order valence-corrected chi connectivity index (χ3v) is 3.29. The second-order valence-corrected chi connectivity index (χ2v) is 4.57. The second kappa shape index (κ2) is 4.14. The Morgan fingerprint density at radius 2 is 2.06 bits per heavy atom. The molecule has 0 aromatic heterocycles. The summed E-state index contributed by atoms with van der Waals surface area (Å²) < 4.78 is 0. The zero-order chi connectivity index (χ0) is 12.6. The van der Waals surface area contributed by atoms with Gasteiger partial charge in [-0.1, -0.05) is 0 Å². The number of rotatable bonds is 1. The van der Waals surface area contributed by atoms with Crippen molar-refractivity contribution in [3.05, 3.63) is 23.3 Å². The van der Waals surface area contributed by atoms with Crippen molar-refractivity contribution in [2.75, 3.05) is 17.2 Å². The molecule has 0 spiro atoms. The fraction of sp³-hybridized carbons (Fsp3) is 0.357. The maximum Gasteiger partial charge on any atom is 0.228 e. The van der Waals surface area contributed by atoms with Gasteiger partial charge < -0.3 is 10.6 Å². The maximum absolute atomic E-state index is 11.9. The molecule has 1 fully saturated rings. The van der Waals surface area contributed by atoms with Gasteiger partial charge in [0.25, 0.3) is 0 Å². The first kappa shape index (κ1) is 11.5. The highest BCUT2D eigenvalue weighted by atomic mass is 16.2. The molecule has 2 N–H and O–H groups in total. The molecule has 1 aliphatic heterocycles. The number of anilines is 2. The van der Waals surface area contributed by atoms with Crippen LogP contribution in [-0.2, 0) is 4.79 Å². The molecule has 1 aromatic carbocycles. The number of hydrogen-bond donors (Lipinski definition) is 1. The summed E-state index contributed by atoms with van der Waals surface area (Å²) in [4.78, 5) is 13.6. The highest BCUT2D eigenvalue weighted by molar-refractivity contribution is 5.99. The highest BCUT2D eigenvalue weighted by Gasteiger charge is 2.30. The predicted molar refractivity (Wildman–Crippen MR) is 69.6 cm³/mol. The molecule has 17 heavy (non-hydrogen) atoms. The van der Waals surface area contributed by atoms with Crippen LogP contribution in [0.1, 0.15) is 17.5 Å². The summed E-state index contributed by atoms with van der Waals surface area (Å²) in [6.07, 6.45) is 5.79. The number of benzene rings is 1. The van der Waals surface area contributed by atoms with Gasteiger partial charge in [0.2, 0.25) is 5.91 Å². The normalized spacial score (nSPS) is 19.5. The van der Waals surface area contributed by atoms with Crippen LogP contribution < -0.4 is 10.6 Å². The number of nitrogen functional groups attached to an aromatic ring is 1. The minimum absolute atomic E-state index is 0.00325. The third-order valence-electron chi connectivity index (χ3n) is 3.29. The number of amides is 1. The lowest BCUT2D eigenvalue weighted by molar-refractivity contribution is -0.117. The standard InChI is InChI=1S/C14H16N2O/c1-4-11-7-14(17)16(8-11)13-6-10(3)9(2)5-12(13)15/h1,5-6,11H,7-8,15H2,2-3H3. The van der Waals surface area contributed by atoms with Gasteiger partial charge in [-0.25, -0.2) is 0 Å². The quantitative estimate of drug-likeness (QED) is 0.589. The molecule has 1 atom stereocenters. The van der Waals surface area contributed by atoms with Crippen LogP contribution in [-0.4, -0.2) is 12.5 Å². The molecule has 1 aromatic rings. The Morgan fingerprint density at radius 3 is 2.65 bits per heavy atom. The van der Waals surface area contributed by atoms with Gasteiger partial charge in [0.05, 0.1) is 11.4 Å². The maximum atomic E-state index is 11.9. The SMILES string of the molecule is C#CC1CC(=O)N(c2cc(C)c(C)cc2N)C1. The van der Waals surface area contributed by atoms with Crippen molar-refractivity contribution in [2.45, 2.75) is 20.3 Å². The van der Waals surface area contributed by atoms with Crippen molar-refractivity contribution in [1.82, 2.24) is 0 Å². The van der Waals surface area contributed by atoms with E-state index in [-0.39, 0.29) is 11.8 Å². The van der Waals surface area contributed by atoms with E-state index in [9.17, 15) is 4.79 Å². The van der Waals surface area contributed by atoms with E-state index in [0.29, 0.717) is 18.7 Å². The number of aryl methyl sites for hydroxylation is 2. The van der Waals surface area contributed by atoms with Crippen LogP contribution in [0.4, 0.5) is 11.4 Å². The van der Waals surface area contributed by atoms with Gasteiger partial charge in [-0.3, -0.25) is 4.79 Å². The minimum atomic E-state index is 0.00325. The number of terminal acetylenes is 1. The van der Waals surface area contributed by atoms with E-state index in [2.05, 4.69) is 5.92 Å². The Kier molecular flexibility index (Phi) is 2.81. The van der Waals surface area contributed by atoms with Gasteiger partial charge >= 0.3 is 0 Å². The molecule has 0 radical (unpaired) electrons. The number of hydrogen-bond acceptors (Lipinski definition) is 2. The number of nitrogens with two attached hydrogens (primary N) is 1. The van der Waals surface area contributed by atoms with E-state index in [1.54, 1.807) is 4.90 Å². The van der Waals surface area contributed by atoms with Crippen molar-refractivity contribution < 1.29 is 4.79 Å². The molecular formula is C14H16N2O. The summed E-state index contributed by atoms with van der Waals surface area (Å²) in [5.74, 6) is 2.70. The summed E-state index contributed by atoms with van der Waals surface area (Å²) in [6.45, 7) is 4.59. The van der Waals surface area contributed by atoms with Gasteiger partial charge in [-0.05, 0) is 37.1 Å². The van der Waals surface area contributed by atoms with Crippen LogP contribution >= 0.6 is 0 Å². The van der Waals surface area contributed by atoms with Crippen molar-refractivity contribution >= 4 is 17.3 Å². The van der Waals surface area contributed by atoms with Crippen molar-refractivity contribution in [3.8, 4) is 12.3 Å². The van der Waals surface area contributed by atoms with E-state index >= 15 is 0 Å². The van der Waals surface area contributed by atoms with Gasteiger partial charge in [-0.15, -0.1) is 12.3 Å². The summed E-state index contributed by atoms with van der Waals surface area (Å²) in [5, 5.41) is 0. The lowest BCUT2D eigenvalue weighted by Gasteiger charge is -2.19.